The number of rotatable bonds is 9. The zero-order chi connectivity index (χ0) is 36.8. The van der Waals surface area contributed by atoms with Gasteiger partial charge in [-0.25, -0.2) is 4.98 Å². The lowest BCUT2D eigenvalue weighted by molar-refractivity contribution is -0.136. The number of anilines is 2. The number of benzene rings is 1. The summed E-state index contributed by atoms with van der Waals surface area (Å²) < 4.78 is 0. The van der Waals surface area contributed by atoms with Gasteiger partial charge < -0.3 is 20.1 Å². The van der Waals surface area contributed by atoms with Crippen molar-refractivity contribution in [1.82, 2.24) is 35.4 Å². The number of hydrogen-bond acceptors (Lipinski definition) is 11. The van der Waals surface area contributed by atoms with Crippen LogP contribution in [0.4, 0.5) is 11.4 Å². The fourth-order valence-electron chi connectivity index (χ4n) is 7.54. The highest BCUT2D eigenvalue weighted by Crippen LogP contribution is 2.33. The van der Waals surface area contributed by atoms with Gasteiger partial charge in [0.25, 0.3) is 23.3 Å². The number of pyridine rings is 3. The van der Waals surface area contributed by atoms with E-state index in [9.17, 15) is 28.8 Å². The molecule has 4 aromatic rings. The van der Waals surface area contributed by atoms with E-state index in [0.717, 1.165) is 71.2 Å². The largest absolute Gasteiger partial charge is 0.371 e. The van der Waals surface area contributed by atoms with Gasteiger partial charge >= 0.3 is 0 Å². The molecular formula is C38H39N9O6. The third-order valence-corrected chi connectivity index (χ3v) is 10.6. The number of nitrogens with one attached hydrogen (secondary N) is 3. The number of aryl methyl sites for hydroxylation is 1. The van der Waals surface area contributed by atoms with Gasteiger partial charge in [0.05, 0.1) is 34.0 Å². The summed E-state index contributed by atoms with van der Waals surface area (Å²) in [5.41, 5.74) is 5.85. The predicted molar refractivity (Wildman–Crippen MR) is 195 cm³/mol. The summed E-state index contributed by atoms with van der Waals surface area (Å²) >= 11 is 0. The second kappa shape index (κ2) is 13.9. The lowest BCUT2D eigenvalue weighted by atomic mass is 9.98. The Bertz CT molecular complexity index is 2210. The summed E-state index contributed by atoms with van der Waals surface area (Å²) in [5.74, 6) is -2.16. The lowest BCUT2D eigenvalue weighted by Gasteiger charge is -2.41. The predicted octanol–water partition coefficient (Wildman–Crippen LogP) is 1.47. The van der Waals surface area contributed by atoms with E-state index in [1.165, 1.54) is 0 Å². The van der Waals surface area contributed by atoms with E-state index in [4.69, 9.17) is 0 Å². The van der Waals surface area contributed by atoms with E-state index < -0.39 is 29.7 Å². The van der Waals surface area contributed by atoms with Crippen LogP contribution in [0.5, 0.6) is 0 Å². The van der Waals surface area contributed by atoms with Crippen LogP contribution < -0.4 is 26.0 Å². The number of piperazine rings is 1. The number of carbonyl (C=O) groups is 5. The zero-order valence-electron chi connectivity index (χ0n) is 29.3. The number of aromatic nitrogens is 3. The maximum absolute atomic E-state index is 13.2. The van der Waals surface area contributed by atoms with Crippen LogP contribution in [-0.2, 0) is 22.6 Å². The summed E-state index contributed by atoms with van der Waals surface area (Å²) in [6.45, 7) is 7.82. The first-order chi connectivity index (χ1) is 25.6. The average molecular weight is 718 g/mol. The fraction of sp³-hybridized carbons (Fsp3) is 0.368. The van der Waals surface area contributed by atoms with Gasteiger partial charge in [0.2, 0.25) is 11.8 Å². The van der Waals surface area contributed by atoms with Crippen molar-refractivity contribution in [3.8, 4) is 0 Å². The Balaban J connectivity index is 0.790. The number of aromatic amines is 1. The molecule has 1 aromatic carbocycles. The SMILES string of the molecule is CCc1cc2ncc(CN3CCN(c4ccc(C(=O)NCC5CN(c6ccc7c(c6)C(=O)N(C6CCC(=O)NC6=O)C7=O)C5)nc4)CC3)cc2[nH]c1=O. The van der Waals surface area contributed by atoms with Gasteiger partial charge in [0.15, 0.2) is 0 Å². The molecule has 8 rings (SSSR count). The highest BCUT2D eigenvalue weighted by Gasteiger charge is 2.45. The van der Waals surface area contributed by atoms with E-state index >= 15 is 0 Å². The van der Waals surface area contributed by atoms with Crippen molar-refractivity contribution in [3.63, 3.8) is 0 Å². The first kappa shape index (κ1) is 34.1. The molecule has 0 spiro atoms. The standard InChI is InChI=1S/C38H39N9O6/c1-2-24-14-30-31(42-34(24)49)13-22(16-39-30)19-44-9-11-45(12-10-44)26-4-6-29(40-18-26)35(50)41-17-23-20-46(21-23)25-3-5-27-28(15-25)38(53)47(37(27)52)32-7-8-33(48)43-36(32)51/h3-6,13-16,18,23,32H,2,7-12,17,19-21H2,1H3,(H,41,50)(H,42,49)(H,43,48,51). The maximum Gasteiger partial charge on any atom is 0.269 e. The zero-order valence-corrected chi connectivity index (χ0v) is 29.3. The van der Waals surface area contributed by atoms with E-state index in [1.54, 1.807) is 30.5 Å². The number of H-pyrrole nitrogens is 1. The second-order valence-electron chi connectivity index (χ2n) is 14.1. The molecule has 1 atom stereocenters. The number of hydrogen-bond donors (Lipinski definition) is 3. The summed E-state index contributed by atoms with van der Waals surface area (Å²) in [7, 11) is 0. The Kier molecular flexibility index (Phi) is 8.94. The van der Waals surface area contributed by atoms with Crippen LogP contribution in [0.25, 0.3) is 11.0 Å². The molecule has 15 nitrogen and oxygen atoms in total. The molecular weight excluding hydrogens is 678 g/mol. The van der Waals surface area contributed by atoms with Crippen molar-refractivity contribution in [3.05, 3.63) is 93.2 Å². The van der Waals surface area contributed by atoms with Gasteiger partial charge in [0.1, 0.15) is 11.7 Å². The quantitative estimate of drug-likeness (QED) is 0.214. The van der Waals surface area contributed by atoms with E-state index in [1.807, 2.05) is 31.3 Å². The molecule has 3 aromatic heterocycles. The highest BCUT2D eigenvalue weighted by atomic mass is 16.2. The summed E-state index contributed by atoms with van der Waals surface area (Å²) in [5, 5.41) is 5.19. The van der Waals surface area contributed by atoms with Crippen LogP contribution in [0.3, 0.4) is 0 Å². The van der Waals surface area contributed by atoms with Gasteiger partial charge in [-0.2, -0.15) is 0 Å². The third kappa shape index (κ3) is 6.63. The molecule has 4 aliphatic rings. The smallest absolute Gasteiger partial charge is 0.269 e. The van der Waals surface area contributed by atoms with Crippen LogP contribution in [0.1, 0.15) is 62.1 Å². The molecule has 0 radical (unpaired) electrons. The second-order valence-corrected chi connectivity index (χ2v) is 14.1. The number of nitrogens with zero attached hydrogens (tertiary/aromatic N) is 6. The van der Waals surface area contributed by atoms with Gasteiger partial charge in [-0.15, -0.1) is 0 Å². The van der Waals surface area contributed by atoms with Gasteiger partial charge in [-0.05, 0) is 60.9 Å². The van der Waals surface area contributed by atoms with Gasteiger partial charge in [-0.1, -0.05) is 6.92 Å². The van der Waals surface area contributed by atoms with E-state index in [2.05, 4.69) is 40.3 Å². The van der Waals surface area contributed by atoms with Crippen molar-refractivity contribution in [2.45, 2.75) is 38.8 Å². The molecule has 1 unspecified atom stereocenters. The molecule has 0 bridgehead atoms. The number of fused-ring (bicyclic) bond motifs is 2. The molecule has 3 saturated heterocycles. The Labute approximate surface area is 304 Å². The van der Waals surface area contributed by atoms with Crippen molar-refractivity contribution in [1.29, 1.82) is 0 Å². The molecule has 0 saturated carbocycles. The van der Waals surface area contributed by atoms with Crippen molar-refractivity contribution < 1.29 is 24.0 Å². The van der Waals surface area contributed by atoms with E-state index in [-0.39, 0.29) is 41.4 Å². The van der Waals surface area contributed by atoms with Crippen LogP contribution in [0.15, 0.2) is 59.7 Å². The molecule has 3 N–H and O–H groups in total. The number of imide groups is 2. The van der Waals surface area contributed by atoms with Crippen molar-refractivity contribution >= 4 is 51.9 Å². The topological polar surface area (TPSA) is 181 Å². The number of carbonyl (C=O) groups excluding carboxylic acids is 5. The summed E-state index contributed by atoms with van der Waals surface area (Å²) in [4.78, 5) is 94.9. The Morgan fingerprint density at radius 1 is 0.868 bits per heavy atom. The van der Waals surface area contributed by atoms with Crippen molar-refractivity contribution in [2.75, 3.05) is 55.6 Å². The summed E-state index contributed by atoms with van der Waals surface area (Å²) in [6.07, 6.45) is 4.46. The molecule has 0 aliphatic carbocycles. The third-order valence-electron chi connectivity index (χ3n) is 10.6. The van der Waals surface area contributed by atoms with Crippen LogP contribution in [-0.4, -0.2) is 106 Å². The summed E-state index contributed by atoms with van der Waals surface area (Å²) in [6, 6.07) is 11.6. The molecule has 3 fully saturated rings. The molecule has 272 valence electrons. The molecule has 5 amide bonds. The normalized spacial score (nSPS) is 19.4. The lowest BCUT2D eigenvalue weighted by Crippen LogP contribution is -2.54. The van der Waals surface area contributed by atoms with Gasteiger partial charge in [-0.3, -0.25) is 48.9 Å². The molecule has 15 heteroatoms. The Morgan fingerprint density at radius 2 is 1.64 bits per heavy atom. The molecule has 7 heterocycles. The number of piperidine rings is 1. The first-order valence-corrected chi connectivity index (χ1v) is 18.0. The Hall–Kier alpha value is -5.96. The molecule has 53 heavy (non-hydrogen) atoms. The minimum atomic E-state index is -1.00. The molecule has 4 aliphatic heterocycles. The monoisotopic (exact) mass is 717 g/mol. The Morgan fingerprint density at radius 3 is 2.38 bits per heavy atom. The van der Waals surface area contributed by atoms with Crippen LogP contribution in [0, 0.1) is 5.92 Å². The highest BCUT2D eigenvalue weighted by molar-refractivity contribution is 6.23. The van der Waals surface area contributed by atoms with Crippen LogP contribution >= 0.6 is 0 Å². The minimum Gasteiger partial charge on any atom is -0.371 e. The first-order valence-electron chi connectivity index (χ1n) is 18.0. The maximum atomic E-state index is 13.2. The number of amides is 5. The van der Waals surface area contributed by atoms with E-state index in [0.29, 0.717) is 31.7 Å². The van der Waals surface area contributed by atoms with Crippen molar-refractivity contribution in [2.24, 2.45) is 5.92 Å². The minimum absolute atomic E-state index is 0.0627. The van der Waals surface area contributed by atoms with Crippen LogP contribution in [0.2, 0.25) is 0 Å². The fourth-order valence-corrected chi connectivity index (χ4v) is 7.54. The van der Waals surface area contributed by atoms with Gasteiger partial charge in [0, 0.05) is 82.1 Å². The average Bonchev–Trinajstić information content (AvgIpc) is 3.39.